The number of thiazole rings is 1. The highest BCUT2D eigenvalue weighted by Crippen LogP contribution is 2.38. The van der Waals surface area contributed by atoms with Gasteiger partial charge >= 0.3 is 0 Å². The van der Waals surface area contributed by atoms with Crippen LogP contribution in [0.25, 0.3) is 10.2 Å². The minimum atomic E-state index is -0.169. The Bertz CT molecular complexity index is 880. The number of azo groups is 1. The Balaban J connectivity index is 1.96. The standard InChI is InChI=1S/C14H9Cl2N3O2S/c1-21-8-2-3-10-12(6-8)22-14(17-10)19-18-11-5-7(15)4-9(16)13(11)20/h2-6,20H,1H3. The van der Waals surface area contributed by atoms with Crippen LogP contribution < -0.4 is 4.74 Å². The molecule has 5 nitrogen and oxygen atoms in total. The van der Waals surface area contributed by atoms with Gasteiger partial charge in [-0.05, 0) is 30.3 Å². The molecular weight excluding hydrogens is 345 g/mol. The van der Waals surface area contributed by atoms with Crippen LogP contribution in [0.3, 0.4) is 0 Å². The fourth-order valence-electron chi connectivity index (χ4n) is 1.79. The third-order valence-electron chi connectivity index (χ3n) is 2.84. The van der Waals surface area contributed by atoms with E-state index in [-0.39, 0.29) is 16.5 Å². The van der Waals surface area contributed by atoms with E-state index in [1.54, 1.807) is 7.11 Å². The smallest absolute Gasteiger partial charge is 0.231 e. The van der Waals surface area contributed by atoms with Crippen LogP contribution in [0.1, 0.15) is 0 Å². The summed E-state index contributed by atoms with van der Waals surface area (Å²) in [5.74, 6) is 0.580. The fourth-order valence-corrected chi connectivity index (χ4v) is 3.09. The van der Waals surface area contributed by atoms with Gasteiger partial charge in [0.15, 0.2) is 5.75 Å². The quantitative estimate of drug-likeness (QED) is 0.611. The molecule has 3 aromatic rings. The van der Waals surface area contributed by atoms with Crippen LogP contribution in [0.5, 0.6) is 11.5 Å². The second-order valence-corrected chi connectivity index (χ2v) is 6.14. The van der Waals surface area contributed by atoms with Crippen LogP contribution >= 0.6 is 34.5 Å². The number of phenols is 1. The van der Waals surface area contributed by atoms with Crippen molar-refractivity contribution in [3.05, 3.63) is 40.4 Å². The fraction of sp³-hybridized carbons (Fsp3) is 0.0714. The van der Waals surface area contributed by atoms with Crippen molar-refractivity contribution >= 4 is 55.6 Å². The number of ether oxygens (including phenoxy) is 1. The van der Waals surface area contributed by atoms with E-state index in [0.29, 0.717) is 10.2 Å². The number of nitrogens with zero attached hydrogens (tertiary/aromatic N) is 3. The van der Waals surface area contributed by atoms with Crippen LogP contribution in [0.2, 0.25) is 10.0 Å². The maximum absolute atomic E-state index is 9.83. The second-order valence-electron chi connectivity index (χ2n) is 4.29. The number of hydrogen-bond acceptors (Lipinski definition) is 6. The third-order valence-corrected chi connectivity index (χ3v) is 4.24. The van der Waals surface area contributed by atoms with E-state index in [2.05, 4.69) is 15.2 Å². The van der Waals surface area contributed by atoms with Gasteiger partial charge < -0.3 is 9.84 Å². The van der Waals surface area contributed by atoms with Gasteiger partial charge in [-0.2, -0.15) is 0 Å². The first-order chi connectivity index (χ1) is 10.6. The van der Waals surface area contributed by atoms with Crippen molar-refractivity contribution in [1.29, 1.82) is 0 Å². The number of methoxy groups -OCH3 is 1. The van der Waals surface area contributed by atoms with Crippen molar-refractivity contribution in [1.82, 2.24) is 4.98 Å². The molecule has 22 heavy (non-hydrogen) atoms. The van der Waals surface area contributed by atoms with E-state index in [1.165, 1.54) is 23.5 Å². The Labute approximate surface area is 139 Å². The molecule has 0 bridgehead atoms. The average Bonchev–Trinajstić information content (AvgIpc) is 2.91. The van der Waals surface area contributed by atoms with Crippen molar-refractivity contribution in [3.63, 3.8) is 0 Å². The molecule has 0 amide bonds. The maximum Gasteiger partial charge on any atom is 0.231 e. The summed E-state index contributed by atoms with van der Waals surface area (Å²) in [6.45, 7) is 0. The lowest BCUT2D eigenvalue weighted by molar-refractivity contribution is 0.415. The van der Waals surface area contributed by atoms with Crippen molar-refractivity contribution in [3.8, 4) is 11.5 Å². The highest BCUT2D eigenvalue weighted by Gasteiger charge is 2.08. The first kappa shape index (κ1) is 15.0. The van der Waals surface area contributed by atoms with Gasteiger partial charge in [0.1, 0.15) is 11.4 Å². The Morgan fingerprint density at radius 3 is 2.77 bits per heavy atom. The number of fused-ring (bicyclic) bond motifs is 1. The third kappa shape index (κ3) is 2.99. The highest BCUT2D eigenvalue weighted by molar-refractivity contribution is 7.21. The predicted molar refractivity (Wildman–Crippen MR) is 88.5 cm³/mol. The van der Waals surface area contributed by atoms with Crippen molar-refractivity contribution in [2.24, 2.45) is 10.2 Å². The van der Waals surface area contributed by atoms with Gasteiger partial charge in [-0.15, -0.1) is 10.2 Å². The number of aromatic nitrogens is 1. The molecule has 3 rings (SSSR count). The second kappa shape index (κ2) is 6.08. The van der Waals surface area contributed by atoms with E-state index in [1.807, 2.05) is 18.2 Å². The molecule has 0 spiro atoms. The van der Waals surface area contributed by atoms with E-state index in [4.69, 9.17) is 27.9 Å². The van der Waals surface area contributed by atoms with Gasteiger partial charge in [0, 0.05) is 5.02 Å². The zero-order chi connectivity index (χ0) is 15.7. The number of benzene rings is 2. The summed E-state index contributed by atoms with van der Waals surface area (Å²) in [6, 6.07) is 8.45. The molecule has 112 valence electrons. The Morgan fingerprint density at radius 1 is 1.18 bits per heavy atom. The molecule has 0 fully saturated rings. The van der Waals surface area contributed by atoms with Crippen molar-refractivity contribution < 1.29 is 9.84 Å². The first-order valence-electron chi connectivity index (χ1n) is 6.11. The minimum absolute atomic E-state index is 0.121. The lowest BCUT2D eigenvalue weighted by Gasteiger charge is -2.00. The Kier molecular flexibility index (Phi) is 4.15. The summed E-state index contributed by atoms with van der Waals surface area (Å²) < 4.78 is 6.10. The van der Waals surface area contributed by atoms with E-state index >= 15 is 0 Å². The SMILES string of the molecule is COc1ccc2nc(N=Nc3cc(Cl)cc(Cl)c3O)sc2c1. The molecule has 0 aliphatic carbocycles. The molecule has 0 saturated heterocycles. The topological polar surface area (TPSA) is 67.1 Å². The number of phenolic OH excluding ortho intramolecular Hbond substituents is 1. The summed E-state index contributed by atoms with van der Waals surface area (Å²) in [7, 11) is 1.61. The Morgan fingerprint density at radius 2 is 2.00 bits per heavy atom. The zero-order valence-electron chi connectivity index (χ0n) is 11.2. The average molecular weight is 354 g/mol. The highest BCUT2D eigenvalue weighted by atomic mass is 35.5. The molecule has 0 aliphatic rings. The largest absolute Gasteiger partial charge is 0.504 e. The number of halogens is 2. The monoisotopic (exact) mass is 353 g/mol. The van der Waals surface area contributed by atoms with Crippen LogP contribution in [-0.2, 0) is 0 Å². The van der Waals surface area contributed by atoms with Gasteiger partial charge in [-0.3, -0.25) is 0 Å². The van der Waals surface area contributed by atoms with Crippen LogP contribution in [0.15, 0.2) is 40.6 Å². The molecule has 1 aromatic heterocycles. The van der Waals surface area contributed by atoms with Gasteiger partial charge in [-0.1, -0.05) is 34.5 Å². The van der Waals surface area contributed by atoms with E-state index in [0.717, 1.165) is 16.0 Å². The molecule has 8 heteroatoms. The van der Waals surface area contributed by atoms with Crippen molar-refractivity contribution in [2.45, 2.75) is 0 Å². The molecule has 1 N–H and O–H groups in total. The molecular formula is C14H9Cl2N3O2S. The van der Waals surface area contributed by atoms with Crippen LogP contribution in [0.4, 0.5) is 10.8 Å². The van der Waals surface area contributed by atoms with E-state index in [9.17, 15) is 5.11 Å². The molecule has 0 radical (unpaired) electrons. The lowest BCUT2D eigenvalue weighted by atomic mass is 10.3. The zero-order valence-corrected chi connectivity index (χ0v) is 13.6. The predicted octanol–water partition coefficient (Wildman–Crippen LogP) is 5.73. The molecule has 0 atom stereocenters. The summed E-state index contributed by atoms with van der Waals surface area (Å²) in [6.07, 6.45) is 0. The number of rotatable bonds is 3. The van der Waals surface area contributed by atoms with E-state index < -0.39 is 0 Å². The van der Waals surface area contributed by atoms with Crippen LogP contribution in [-0.4, -0.2) is 17.2 Å². The first-order valence-corrected chi connectivity index (χ1v) is 7.68. The van der Waals surface area contributed by atoms with Gasteiger partial charge in [0.2, 0.25) is 5.13 Å². The van der Waals surface area contributed by atoms with Gasteiger partial charge in [-0.25, -0.2) is 4.98 Å². The molecule has 0 saturated carbocycles. The molecule has 2 aromatic carbocycles. The number of aromatic hydroxyl groups is 1. The summed E-state index contributed by atoms with van der Waals surface area (Å²) in [4.78, 5) is 4.33. The summed E-state index contributed by atoms with van der Waals surface area (Å²) >= 11 is 13.1. The van der Waals surface area contributed by atoms with Gasteiger partial charge in [0.25, 0.3) is 0 Å². The minimum Gasteiger partial charge on any atom is -0.504 e. The molecule has 0 unspecified atom stereocenters. The van der Waals surface area contributed by atoms with Crippen LogP contribution in [0, 0.1) is 0 Å². The maximum atomic E-state index is 9.83. The Hall–Kier alpha value is -1.89. The summed E-state index contributed by atoms with van der Waals surface area (Å²) in [5.41, 5.74) is 0.988. The van der Waals surface area contributed by atoms with Gasteiger partial charge in [0.05, 0.1) is 22.3 Å². The number of hydrogen-bond donors (Lipinski definition) is 1. The molecule has 1 heterocycles. The summed E-state index contributed by atoms with van der Waals surface area (Å²) in [5, 5.41) is 18.8. The van der Waals surface area contributed by atoms with Crippen molar-refractivity contribution in [2.75, 3.05) is 7.11 Å². The molecule has 0 aliphatic heterocycles. The lowest BCUT2D eigenvalue weighted by Crippen LogP contribution is -1.80. The normalized spacial score (nSPS) is 11.4.